The minimum atomic E-state index is -1.27. The molecule has 28 heavy (non-hydrogen) atoms. The first-order valence-electron chi connectivity index (χ1n) is 8.20. The molecule has 0 radical (unpaired) electrons. The molecule has 0 amide bonds. The Labute approximate surface area is 166 Å². The smallest absolute Gasteiger partial charge is 0.303 e. The number of methoxy groups -OCH3 is 1. The van der Waals surface area contributed by atoms with E-state index in [9.17, 15) is 19.2 Å². The van der Waals surface area contributed by atoms with E-state index in [1.54, 1.807) is 0 Å². The summed E-state index contributed by atoms with van der Waals surface area (Å²) in [6.45, 7) is 4.27. The Hall–Kier alpha value is -2.47. The van der Waals surface area contributed by atoms with Crippen LogP contribution in [0.15, 0.2) is 0 Å². The lowest BCUT2D eigenvalue weighted by Crippen LogP contribution is -2.66. The van der Waals surface area contributed by atoms with Crippen LogP contribution >= 0.6 is 12.2 Å². The molecular formula is C16H23NO10S. The lowest BCUT2D eigenvalue weighted by atomic mass is 9.97. The summed E-state index contributed by atoms with van der Waals surface area (Å²) in [4.78, 5) is 46.0. The molecule has 0 saturated carbocycles. The van der Waals surface area contributed by atoms with Gasteiger partial charge in [0.1, 0.15) is 12.7 Å². The average molecular weight is 421 g/mol. The van der Waals surface area contributed by atoms with Crippen molar-refractivity contribution in [2.24, 2.45) is 0 Å². The minimum Gasteiger partial charge on any atom is -0.474 e. The lowest BCUT2D eigenvalue weighted by Gasteiger charge is -2.44. The van der Waals surface area contributed by atoms with Gasteiger partial charge < -0.3 is 33.7 Å². The van der Waals surface area contributed by atoms with E-state index in [2.05, 4.69) is 5.32 Å². The number of hydrogen-bond donors (Lipinski definition) is 1. The number of carbonyl (C=O) groups is 4. The van der Waals surface area contributed by atoms with Crippen LogP contribution < -0.4 is 5.32 Å². The van der Waals surface area contributed by atoms with Gasteiger partial charge in [0.15, 0.2) is 24.5 Å². The second-order valence-electron chi connectivity index (χ2n) is 5.76. The molecule has 12 heteroatoms. The Balaban J connectivity index is 3.30. The highest BCUT2D eigenvalue weighted by Crippen LogP contribution is 2.28. The maximum Gasteiger partial charge on any atom is 0.303 e. The Morgan fingerprint density at radius 2 is 1.36 bits per heavy atom. The van der Waals surface area contributed by atoms with Crippen molar-refractivity contribution in [1.82, 2.24) is 5.32 Å². The van der Waals surface area contributed by atoms with E-state index in [0.717, 1.165) is 20.8 Å². The molecule has 5 unspecified atom stereocenters. The summed E-state index contributed by atoms with van der Waals surface area (Å²) < 4.78 is 31.3. The fourth-order valence-corrected chi connectivity index (χ4v) is 2.64. The Morgan fingerprint density at radius 3 is 1.82 bits per heavy atom. The average Bonchev–Trinajstić information content (AvgIpc) is 2.57. The summed E-state index contributed by atoms with van der Waals surface area (Å²) in [5.41, 5.74) is 0. The van der Waals surface area contributed by atoms with Crippen LogP contribution in [-0.4, -0.2) is 73.4 Å². The van der Waals surface area contributed by atoms with Crippen LogP contribution in [0.4, 0.5) is 0 Å². The molecule has 1 aliphatic rings. The van der Waals surface area contributed by atoms with E-state index in [4.69, 9.17) is 40.6 Å². The van der Waals surface area contributed by atoms with E-state index in [1.807, 2.05) is 0 Å². The first-order chi connectivity index (χ1) is 13.0. The predicted octanol–water partition coefficient (Wildman–Crippen LogP) is -0.410. The summed E-state index contributed by atoms with van der Waals surface area (Å²) >= 11 is 4.94. The Bertz CT molecular complexity index is 625. The first kappa shape index (κ1) is 23.6. The van der Waals surface area contributed by atoms with Crippen LogP contribution in [0, 0.1) is 0 Å². The van der Waals surface area contributed by atoms with E-state index in [1.165, 1.54) is 14.0 Å². The van der Waals surface area contributed by atoms with Crippen LogP contribution in [0.1, 0.15) is 27.7 Å². The van der Waals surface area contributed by atoms with Gasteiger partial charge >= 0.3 is 23.9 Å². The van der Waals surface area contributed by atoms with Crippen LogP contribution in [0.25, 0.3) is 0 Å². The van der Waals surface area contributed by atoms with Crippen LogP contribution in [-0.2, 0) is 47.6 Å². The Morgan fingerprint density at radius 1 is 0.857 bits per heavy atom. The van der Waals surface area contributed by atoms with Gasteiger partial charge in [-0.15, -0.1) is 0 Å². The van der Waals surface area contributed by atoms with E-state index < -0.39 is 54.5 Å². The highest BCUT2D eigenvalue weighted by atomic mass is 32.1. The van der Waals surface area contributed by atoms with Gasteiger partial charge in [0, 0.05) is 27.7 Å². The number of carbonyl (C=O) groups excluding carboxylic acids is 4. The predicted molar refractivity (Wildman–Crippen MR) is 94.7 cm³/mol. The number of thiocarbonyl (C=S) groups is 1. The SMILES string of the molecule is COC(=S)NC1OC(COC(C)=O)C(OC(C)=O)C(OC(C)=O)C1OC(C)=O. The van der Waals surface area contributed by atoms with Crippen LogP contribution in [0.3, 0.4) is 0 Å². The maximum atomic E-state index is 11.6. The standard InChI is InChI=1S/C16H23NO10S/c1-7(18)23-6-11-12(24-8(2)19)13(25-9(3)20)14(26-10(4)21)15(27-11)17-16(28)22-5/h11-15H,6H2,1-5H3,(H,17,28). The fraction of sp³-hybridized carbons (Fsp3) is 0.688. The molecule has 5 atom stereocenters. The molecule has 1 saturated heterocycles. The zero-order valence-corrected chi connectivity index (χ0v) is 16.9. The highest BCUT2D eigenvalue weighted by Gasteiger charge is 2.52. The van der Waals surface area contributed by atoms with Crippen molar-refractivity contribution in [1.29, 1.82) is 0 Å². The monoisotopic (exact) mass is 421 g/mol. The number of nitrogens with one attached hydrogen (secondary N) is 1. The Kier molecular flexibility index (Phi) is 9.06. The van der Waals surface area contributed by atoms with Crippen molar-refractivity contribution in [2.75, 3.05) is 13.7 Å². The van der Waals surface area contributed by atoms with E-state index >= 15 is 0 Å². The second kappa shape index (κ2) is 10.8. The molecule has 1 N–H and O–H groups in total. The van der Waals surface area contributed by atoms with Gasteiger partial charge in [0.05, 0.1) is 7.11 Å². The van der Waals surface area contributed by atoms with Crippen molar-refractivity contribution >= 4 is 41.3 Å². The number of esters is 4. The highest BCUT2D eigenvalue weighted by molar-refractivity contribution is 7.80. The number of hydrogen-bond acceptors (Lipinski definition) is 11. The summed E-state index contributed by atoms with van der Waals surface area (Å²) in [6.07, 6.45) is -5.93. The molecule has 158 valence electrons. The van der Waals surface area contributed by atoms with Crippen molar-refractivity contribution < 1.29 is 47.6 Å². The van der Waals surface area contributed by atoms with Gasteiger partial charge in [-0.25, -0.2) is 0 Å². The molecular weight excluding hydrogens is 398 g/mol. The molecule has 0 aromatic heterocycles. The van der Waals surface area contributed by atoms with Crippen molar-refractivity contribution in [3.63, 3.8) is 0 Å². The topological polar surface area (TPSA) is 136 Å². The molecule has 1 fully saturated rings. The zero-order valence-electron chi connectivity index (χ0n) is 16.1. The summed E-state index contributed by atoms with van der Waals surface area (Å²) in [5.74, 6) is -2.74. The van der Waals surface area contributed by atoms with Gasteiger partial charge in [-0.2, -0.15) is 0 Å². The molecule has 0 aromatic carbocycles. The second-order valence-corrected chi connectivity index (χ2v) is 6.13. The van der Waals surface area contributed by atoms with E-state index in [0.29, 0.717) is 0 Å². The maximum absolute atomic E-state index is 11.6. The molecule has 0 spiro atoms. The largest absolute Gasteiger partial charge is 0.474 e. The van der Waals surface area contributed by atoms with Crippen molar-refractivity contribution in [2.45, 2.75) is 58.3 Å². The summed E-state index contributed by atoms with van der Waals surface area (Å²) in [5, 5.41) is 2.56. The van der Waals surface area contributed by atoms with Crippen molar-refractivity contribution in [3.8, 4) is 0 Å². The number of ether oxygens (including phenoxy) is 6. The van der Waals surface area contributed by atoms with Gasteiger partial charge in [0.25, 0.3) is 5.17 Å². The molecule has 0 aromatic rings. The van der Waals surface area contributed by atoms with Crippen LogP contribution in [0.5, 0.6) is 0 Å². The van der Waals surface area contributed by atoms with Gasteiger partial charge in [-0.1, -0.05) is 0 Å². The summed E-state index contributed by atoms with van der Waals surface area (Å²) in [6, 6.07) is 0. The molecule has 11 nitrogen and oxygen atoms in total. The molecule has 0 aliphatic carbocycles. The van der Waals surface area contributed by atoms with E-state index in [-0.39, 0.29) is 11.8 Å². The quantitative estimate of drug-likeness (QED) is 0.339. The van der Waals surface area contributed by atoms with Crippen LogP contribution in [0.2, 0.25) is 0 Å². The minimum absolute atomic E-state index is 0.0964. The molecule has 1 aliphatic heterocycles. The number of rotatable bonds is 6. The van der Waals surface area contributed by atoms with Crippen molar-refractivity contribution in [3.05, 3.63) is 0 Å². The summed E-state index contributed by atoms with van der Waals surface area (Å²) in [7, 11) is 1.31. The third-order valence-corrected chi connectivity index (χ3v) is 3.72. The van der Waals surface area contributed by atoms with Gasteiger partial charge in [-0.05, 0) is 12.2 Å². The van der Waals surface area contributed by atoms with Gasteiger partial charge in [-0.3, -0.25) is 19.2 Å². The molecule has 1 rings (SSSR count). The fourth-order valence-electron chi connectivity index (χ4n) is 2.52. The van der Waals surface area contributed by atoms with Gasteiger partial charge in [0.2, 0.25) is 0 Å². The molecule has 1 heterocycles. The zero-order chi connectivity index (χ0) is 21.4. The third-order valence-electron chi connectivity index (χ3n) is 3.44. The lowest BCUT2D eigenvalue weighted by molar-refractivity contribution is -0.255. The molecule has 0 bridgehead atoms. The first-order valence-corrected chi connectivity index (χ1v) is 8.61. The normalized spacial score (nSPS) is 26.4. The third kappa shape index (κ3) is 7.27.